The van der Waals surface area contributed by atoms with Crippen molar-refractivity contribution in [3.8, 4) is 0 Å². The van der Waals surface area contributed by atoms with E-state index >= 15 is 0 Å². The van der Waals surface area contributed by atoms with E-state index < -0.39 is 0 Å². The summed E-state index contributed by atoms with van der Waals surface area (Å²) in [5.74, 6) is 1.60. The van der Waals surface area contributed by atoms with Crippen LogP contribution in [0.3, 0.4) is 0 Å². The molecule has 1 saturated heterocycles. The van der Waals surface area contributed by atoms with Crippen LogP contribution in [0.15, 0.2) is 30.7 Å². The van der Waals surface area contributed by atoms with Crippen molar-refractivity contribution in [2.24, 2.45) is 0 Å². The van der Waals surface area contributed by atoms with E-state index in [4.69, 9.17) is 4.98 Å². The van der Waals surface area contributed by atoms with E-state index in [1.165, 1.54) is 24.1 Å². The van der Waals surface area contributed by atoms with Crippen molar-refractivity contribution in [1.82, 2.24) is 24.3 Å². The van der Waals surface area contributed by atoms with Crippen LogP contribution in [0.1, 0.15) is 30.0 Å². The Morgan fingerprint density at radius 1 is 1.17 bits per heavy atom. The van der Waals surface area contributed by atoms with Crippen LogP contribution in [0.2, 0.25) is 0 Å². The second-order valence-electron chi connectivity index (χ2n) is 8.07. The highest BCUT2D eigenvalue weighted by atomic mass is 16.1. The van der Waals surface area contributed by atoms with Crippen molar-refractivity contribution in [3.05, 3.63) is 42.0 Å². The fourth-order valence-corrected chi connectivity index (χ4v) is 3.91. The summed E-state index contributed by atoms with van der Waals surface area (Å²) in [5.41, 5.74) is 4.56. The molecule has 0 radical (unpaired) electrons. The summed E-state index contributed by atoms with van der Waals surface area (Å²) in [6, 6.07) is 3.99. The Balaban J connectivity index is 1.40. The summed E-state index contributed by atoms with van der Waals surface area (Å²) in [4.78, 5) is 28.8. The Hall–Kier alpha value is -3.20. The Morgan fingerprint density at radius 3 is 2.77 bits per heavy atom. The topological polar surface area (TPSA) is 90.7 Å². The highest BCUT2D eigenvalue weighted by molar-refractivity contribution is 5.71. The van der Waals surface area contributed by atoms with E-state index in [0.717, 1.165) is 37.5 Å². The number of nitrogens with one attached hydrogen (secondary N) is 2. The van der Waals surface area contributed by atoms with Crippen LogP contribution in [-0.4, -0.2) is 63.9 Å². The maximum atomic E-state index is 10.6. The molecule has 2 N–H and O–H groups in total. The number of hydrogen-bond donors (Lipinski definition) is 2. The molecule has 5 rings (SSSR count). The molecule has 1 amide bonds. The molecule has 1 saturated carbocycles. The summed E-state index contributed by atoms with van der Waals surface area (Å²) in [6.07, 6.45) is 9.08. The Labute approximate surface area is 175 Å². The van der Waals surface area contributed by atoms with Gasteiger partial charge in [-0.25, -0.2) is 9.97 Å². The lowest BCUT2D eigenvalue weighted by Gasteiger charge is -2.34. The van der Waals surface area contributed by atoms with Crippen LogP contribution in [0, 0.1) is 0 Å². The first-order chi connectivity index (χ1) is 14.7. The number of likely N-dealkylation sites (N-methyl/N-ethyl adjacent to an activating group) is 1. The van der Waals surface area contributed by atoms with E-state index in [2.05, 4.69) is 60.3 Å². The van der Waals surface area contributed by atoms with Crippen molar-refractivity contribution in [2.45, 2.75) is 25.3 Å². The van der Waals surface area contributed by atoms with Gasteiger partial charge in [-0.15, -0.1) is 0 Å². The van der Waals surface area contributed by atoms with Gasteiger partial charge in [-0.1, -0.05) is 0 Å². The molecule has 0 atom stereocenters. The Morgan fingerprint density at radius 2 is 2.00 bits per heavy atom. The van der Waals surface area contributed by atoms with Gasteiger partial charge >= 0.3 is 0 Å². The summed E-state index contributed by atoms with van der Waals surface area (Å²) in [7, 11) is 2.18. The molecule has 0 aromatic carbocycles. The molecule has 1 aliphatic heterocycles. The summed E-state index contributed by atoms with van der Waals surface area (Å²) >= 11 is 0. The van der Waals surface area contributed by atoms with E-state index in [-0.39, 0.29) is 0 Å². The molecule has 156 valence electrons. The number of anilines is 3. The summed E-state index contributed by atoms with van der Waals surface area (Å²) < 4.78 is 2.17. The van der Waals surface area contributed by atoms with Gasteiger partial charge in [0.25, 0.3) is 0 Å². The first kappa shape index (κ1) is 18.8. The minimum absolute atomic E-state index is 0.455. The van der Waals surface area contributed by atoms with Gasteiger partial charge in [0.15, 0.2) is 5.65 Å². The molecule has 0 bridgehead atoms. The quantitative estimate of drug-likeness (QED) is 0.580. The smallest absolute Gasteiger partial charge is 0.224 e. The minimum Gasteiger partial charge on any atom is -0.366 e. The van der Waals surface area contributed by atoms with Crippen LogP contribution in [0.25, 0.3) is 5.65 Å². The predicted molar refractivity (Wildman–Crippen MR) is 116 cm³/mol. The van der Waals surface area contributed by atoms with Crippen LogP contribution in [-0.2, 0) is 11.3 Å². The normalized spacial score (nSPS) is 17.3. The van der Waals surface area contributed by atoms with Crippen LogP contribution in [0.5, 0.6) is 0 Å². The third-order valence-electron chi connectivity index (χ3n) is 5.79. The number of fused-ring (bicyclic) bond motifs is 1. The lowest BCUT2D eigenvalue weighted by Crippen LogP contribution is -2.44. The van der Waals surface area contributed by atoms with Crippen LogP contribution in [0.4, 0.5) is 17.5 Å². The monoisotopic (exact) mass is 406 g/mol. The van der Waals surface area contributed by atoms with E-state index in [9.17, 15) is 4.79 Å². The van der Waals surface area contributed by atoms with E-state index in [1.807, 2.05) is 0 Å². The predicted octanol–water partition coefficient (Wildman–Crippen LogP) is 1.93. The zero-order chi connectivity index (χ0) is 20.5. The molecule has 30 heavy (non-hydrogen) atoms. The van der Waals surface area contributed by atoms with Gasteiger partial charge in [-0.3, -0.25) is 4.79 Å². The van der Waals surface area contributed by atoms with Gasteiger partial charge in [0.05, 0.1) is 17.9 Å². The first-order valence-electron chi connectivity index (χ1n) is 10.4. The van der Waals surface area contributed by atoms with Gasteiger partial charge in [0.2, 0.25) is 12.4 Å². The van der Waals surface area contributed by atoms with E-state index in [1.54, 1.807) is 12.3 Å². The molecule has 0 unspecified atom stereocenters. The van der Waals surface area contributed by atoms with Gasteiger partial charge in [0, 0.05) is 44.8 Å². The third-order valence-corrected chi connectivity index (χ3v) is 5.79. The molecule has 4 heterocycles. The number of nitrogens with zero attached hydrogens (tertiary/aromatic N) is 6. The first-order valence-corrected chi connectivity index (χ1v) is 10.4. The molecule has 9 nitrogen and oxygen atoms in total. The molecule has 1 aliphatic carbocycles. The summed E-state index contributed by atoms with van der Waals surface area (Å²) in [6.45, 7) is 4.68. The molecule has 9 heteroatoms. The molecule has 3 aromatic rings. The molecule has 2 aliphatic rings. The maximum Gasteiger partial charge on any atom is 0.224 e. The largest absolute Gasteiger partial charge is 0.366 e. The minimum atomic E-state index is 0.455. The van der Waals surface area contributed by atoms with Crippen molar-refractivity contribution in [1.29, 1.82) is 0 Å². The molecular formula is C21H26N8O. The van der Waals surface area contributed by atoms with Crippen molar-refractivity contribution < 1.29 is 4.79 Å². The zero-order valence-corrected chi connectivity index (χ0v) is 17.1. The number of carbonyl (C=O) groups excluding carboxylic acids is 1. The third kappa shape index (κ3) is 3.93. The standard InChI is InChI=1S/C21H26N8O/c1-27-6-8-28(9-7-27)18-10-16(15-2-3-15)12-29-13-17(25-20(18)29)11-23-21-22-5-4-19(26-21)24-14-30/h4-5,10,12-15H,2-3,6-9,11H2,1H3,(H2,22,23,24,26,30). The number of imidazole rings is 1. The number of piperazine rings is 1. The van der Waals surface area contributed by atoms with Crippen molar-refractivity contribution >= 4 is 29.5 Å². The average molecular weight is 406 g/mol. The SMILES string of the molecule is CN1CCN(c2cc(C3CC3)cn3cc(CNc4nccc(NC=O)n4)nc23)CC1. The van der Waals surface area contributed by atoms with E-state index in [0.29, 0.717) is 30.6 Å². The number of hydrogen-bond acceptors (Lipinski definition) is 7. The molecular weight excluding hydrogens is 380 g/mol. The fraction of sp³-hybridized carbons (Fsp3) is 0.429. The lowest BCUT2D eigenvalue weighted by molar-refractivity contribution is -0.105. The van der Waals surface area contributed by atoms with Crippen molar-refractivity contribution in [2.75, 3.05) is 48.8 Å². The number of amides is 1. The number of rotatable bonds is 7. The Kier molecular flexibility index (Phi) is 4.96. The molecule has 3 aromatic heterocycles. The second kappa shape index (κ2) is 7.91. The van der Waals surface area contributed by atoms with Crippen LogP contribution >= 0.6 is 0 Å². The van der Waals surface area contributed by atoms with Gasteiger partial charge < -0.3 is 24.8 Å². The number of aromatic nitrogens is 4. The lowest BCUT2D eigenvalue weighted by atomic mass is 10.1. The van der Waals surface area contributed by atoms with Gasteiger partial charge in [-0.05, 0) is 43.5 Å². The molecule has 0 spiro atoms. The summed E-state index contributed by atoms with van der Waals surface area (Å²) in [5, 5.41) is 5.74. The van der Waals surface area contributed by atoms with Crippen LogP contribution < -0.4 is 15.5 Å². The average Bonchev–Trinajstić information content (AvgIpc) is 3.52. The van der Waals surface area contributed by atoms with Crippen molar-refractivity contribution in [3.63, 3.8) is 0 Å². The highest BCUT2D eigenvalue weighted by Gasteiger charge is 2.27. The number of pyridine rings is 1. The van der Waals surface area contributed by atoms with Gasteiger partial charge in [-0.2, -0.15) is 4.98 Å². The number of carbonyl (C=O) groups is 1. The Bertz CT molecular complexity index is 1050. The highest BCUT2D eigenvalue weighted by Crippen LogP contribution is 2.41. The zero-order valence-electron chi connectivity index (χ0n) is 17.1. The maximum absolute atomic E-state index is 10.6. The second-order valence-corrected chi connectivity index (χ2v) is 8.07. The van der Waals surface area contributed by atoms with Gasteiger partial charge in [0.1, 0.15) is 5.82 Å². The molecule has 2 fully saturated rings. The fourth-order valence-electron chi connectivity index (χ4n) is 3.91.